The lowest BCUT2D eigenvalue weighted by atomic mass is 10.2. The van der Waals surface area contributed by atoms with Gasteiger partial charge in [0.05, 0.1) is 17.9 Å². The van der Waals surface area contributed by atoms with E-state index < -0.39 is 0 Å². The lowest BCUT2D eigenvalue weighted by molar-refractivity contribution is -0.117. The molecule has 1 aromatic heterocycles. The molecule has 1 unspecified atom stereocenters. The molecule has 4 heteroatoms. The van der Waals surface area contributed by atoms with Crippen LogP contribution in [0.1, 0.15) is 12.5 Å². The Balaban J connectivity index is 2.65. The number of rotatable bonds is 3. The second-order valence-corrected chi connectivity index (χ2v) is 3.25. The molecule has 0 saturated carbocycles. The first-order chi connectivity index (χ1) is 6.63. The second-order valence-electron chi connectivity index (χ2n) is 3.25. The first-order valence-electron chi connectivity index (χ1n) is 4.53. The number of carbonyl (C=O) groups is 1. The Bertz CT molecular complexity index is 325. The molecule has 0 aromatic carbocycles. The summed E-state index contributed by atoms with van der Waals surface area (Å²) in [6.07, 6.45) is 3.38. The minimum Gasteiger partial charge on any atom is -0.323 e. The van der Waals surface area contributed by atoms with Gasteiger partial charge in [-0.2, -0.15) is 0 Å². The molecule has 2 N–H and O–H groups in total. The largest absolute Gasteiger partial charge is 0.323 e. The van der Waals surface area contributed by atoms with Gasteiger partial charge < -0.3 is 10.6 Å². The van der Waals surface area contributed by atoms with E-state index in [1.54, 1.807) is 26.4 Å². The van der Waals surface area contributed by atoms with Gasteiger partial charge in [0.25, 0.3) is 0 Å². The number of likely N-dealkylation sites (N-methyl/N-ethyl adjacent to an activating group) is 1. The van der Waals surface area contributed by atoms with Crippen LogP contribution in [0.3, 0.4) is 0 Å². The summed E-state index contributed by atoms with van der Waals surface area (Å²) in [6, 6.07) is 1.68. The molecule has 1 amide bonds. The van der Waals surface area contributed by atoms with Crippen LogP contribution in [0.25, 0.3) is 0 Å². The van der Waals surface area contributed by atoms with Crippen LogP contribution < -0.4 is 10.6 Å². The maximum atomic E-state index is 11.5. The van der Waals surface area contributed by atoms with Crippen molar-refractivity contribution in [3.05, 3.63) is 24.0 Å². The molecular formula is C10H15N3O. The summed E-state index contributed by atoms with van der Waals surface area (Å²) in [5.41, 5.74) is 1.76. The van der Waals surface area contributed by atoms with Crippen molar-refractivity contribution >= 4 is 11.6 Å². The molecule has 1 atom stereocenters. The Labute approximate surface area is 83.7 Å². The van der Waals surface area contributed by atoms with Crippen LogP contribution in [-0.2, 0) is 4.79 Å². The standard InChI is InChI=1S/C10H15N3O/c1-7-4-9(6-12-5-7)13-10(14)8(2)11-3/h4-6,8,11H,1-3H3,(H,13,14). The molecule has 0 fully saturated rings. The molecule has 14 heavy (non-hydrogen) atoms. The number of anilines is 1. The van der Waals surface area contributed by atoms with Gasteiger partial charge >= 0.3 is 0 Å². The fourth-order valence-corrected chi connectivity index (χ4v) is 1.00. The number of aromatic nitrogens is 1. The predicted octanol–water partition coefficient (Wildman–Crippen LogP) is 0.936. The Morgan fingerprint density at radius 3 is 2.79 bits per heavy atom. The number of pyridine rings is 1. The molecule has 1 aromatic rings. The minimum absolute atomic E-state index is 0.0556. The summed E-state index contributed by atoms with van der Waals surface area (Å²) < 4.78 is 0. The van der Waals surface area contributed by atoms with Gasteiger partial charge in [-0.05, 0) is 32.5 Å². The van der Waals surface area contributed by atoms with Gasteiger partial charge in [-0.25, -0.2) is 0 Å². The lowest BCUT2D eigenvalue weighted by Gasteiger charge is -2.10. The van der Waals surface area contributed by atoms with Gasteiger partial charge in [0.2, 0.25) is 5.91 Å². The van der Waals surface area contributed by atoms with Gasteiger partial charge in [0.15, 0.2) is 0 Å². The van der Waals surface area contributed by atoms with Gasteiger partial charge in [-0.15, -0.1) is 0 Å². The molecule has 4 nitrogen and oxygen atoms in total. The topological polar surface area (TPSA) is 54.0 Å². The zero-order valence-corrected chi connectivity index (χ0v) is 8.66. The van der Waals surface area contributed by atoms with Crippen molar-refractivity contribution in [1.82, 2.24) is 10.3 Å². The fourth-order valence-electron chi connectivity index (χ4n) is 1.00. The van der Waals surface area contributed by atoms with E-state index in [1.165, 1.54) is 0 Å². The number of amides is 1. The van der Waals surface area contributed by atoms with Gasteiger partial charge in [-0.1, -0.05) is 0 Å². The summed E-state index contributed by atoms with van der Waals surface area (Å²) in [6.45, 7) is 3.74. The van der Waals surface area contributed by atoms with Crippen LogP contribution in [0, 0.1) is 6.92 Å². The normalized spacial score (nSPS) is 12.2. The number of aryl methyl sites for hydroxylation is 1. The third-order valence-corrected chi connectivity index (χ3v) is 1.97. The zero-order valence-electron chi connectivity index (χ0n) is 8.66. The number of hydrogen-bond acceptors (Lipinski definition) is 3. The number of nitrogens with zero attached hydrogens (tertiary/aromatic N) is 1. The monoisotopic (exact) mass is 193 g/mol. The maximum absolute atomic E-state index is 11.5. The van der Waals surface area contributed by atoms with E-state index in [-0.39, 0.29) is 11.9 Å². The Hall–Kier alpha value is -1.42. The molecule has 1 rings (SSSR count). The fraction of sp³-hybridized carbons (Fsp3) is 0.400. The van der Waals surface area contributed by atoms with Crippen molar-refractivity contribution in [2.24, 2.45) is 0 Å². The van der Waals surface area contributed by atoms with E-state index in [2.05, 4.69) is 15.6 Å². The number of nitrogens with one attached hydrogen (secondary N) is 2. The summed E-state index contributed by atoms with van der Waals surface area (Å²) in [4.78, 5) is 15.4. The molecule has 0 aliphatic rings. The molecular weight excluding hydrogens is 178 g/mol. The van der Waals surface area contributed by atoms with E-state index in [1.807, 2.05) is 13.0 Å². The molecule has 0 radical (unpaired) electrons. The third-order valence-electron chi connectivity index (χ3n) is 1.97. The van der Waals surface area contributed by atoms with Crippen molar-refractivity contribution in [2.45, 2.75) is 19.9 Å². The second kappa shape index (κ2) is 4.72. The van der Waals surface area contributed by atoms with Crippen LogP contribution in [0.15, 0.2) is 18.5 Å². The highest BCUT2D eigenvalue weighted by atomic mass is 16.2. The highest BCUT2D eigenvalue weighted by Crippen LogP contribution is 2.07. The van der Waals surface area contributed by atoms with E-state index in [9.17, 15) is 4.79 Å². The number of carbonyl (C=O) groups excluding carboxylic acids is 1. The quantitative estimate of drug-likeness (QED) is 0.751. The SMILES string of the molecule is CNC(C)C(=O)Nc1cncc(C)c1. The molecule has 76 valence electrons. The first-order valence-corrected chi connectivity index (χ1v) is 4.53. The van der Waals surface area contributed by atoms with E-state index in [4.69, 9.17) is 0 Å². The predicted molar refractivity (Wildman–Crippen MR) is 56.1 cm³/mol. The molecule has 0 aliphatic carbocycles. The van der Waals surface area contributed by atoms with Crippen LogP contribution in [0.2, 0.25) is 0 Å². The first kappa shape index (κ1) is 10.7. The molecule has 0 spiro atoms. The van der Waals surface area contributed by atoms with Crippen LogP contribution in [-0.4, -0.2) is 24.0 Å². The highest BCUT2D eigenvalue weighted by molar-refractivity contribution is 5.94. The smallest absolute Gasteiger partial charge is 0.241 e. The van der Waals surface area contributed by atoms with E-state index in [0.29, 0.717) is 0 Å². The van der Waals surface area contributed by atoms with Crippen LogP contribution >= 0.6 is 0 Å². The maximum Gasteiger partial charge on any atom is 0.241 e. The van der Waals surface area contributed by atoms with Gasteiger partial charge in [0.1, 0.15) is 0 Å². The van der Waals surface area contributed by atoms with Gasteiger partial charge in [-0.3, -0.25) is 9.78 Å². The molecule has 0 aliphatic heterocycles. The molecule has 0 saturated heterocycles. The van der Waals surface area contributed by atoms with Crippen LogP contribution in [0.4, 0.5) is 5.69 Å². The van der Waals surface area contributed by atoms with E-state index in [0.717, 1.165) is 11.3 Å². The van der Waals surface area contributed by atoms with Crippen LogP contribution in [0.5, 0.6) is 0 Å². The number of hydrogen-bond donors (Lipinski definition) is 2. The molecule has 0 bridgehead atoms. The zero-order chi connectivity index (χ0) is 10.6. The van der Waals surface area contributed by atoms with Crippen molar-refractivity contribution in [3.63, 3.8) is 0 Å². The Morgan fingerprint density at radius 2 is 2.21 bits per heavy atom. The average molecular weight is 193 g/mol. The highest BCUT2D eigenvalue weighted by Gasteiger charge is 2.09. The summed E-state index contributed by atoms with van der Waals surface area (Å²) in [5, 5.41) is 5.64. The Morgan fingerprint density at radius 1 is 1.50 bits per heavy atom. The lowest BCUT2D eigenvalue weighted by Crippen LogP contribution is -2.35. The van der Waals surface area contributed by atoms with Crippen molar-refractivity contribution < 1.29 is 4.79 Å². The van der Waals surface area contributed by atoms with Crippen molar-refractivity contribution in [3.8, 4) is 0 Å². The minimum atomic E-state index is -0.199. The third kappa shape index (κ3) is 2.81. The van der Waals surface area contributed by atoms with E-state index >= 15 is 0 Å². The summed E-state index contributed by atoms with van der Waals surface area (Å²) in [5.74, 6) is -0.0556. The van der Waals surface area contributed by atoms with Crippen molar-refractivity contribution in [1.29, 1.82) is 0 Å². The Kier molecular flexibility index (Phi) is 3.59. The van der Waals surface area contributed by atoms with Crippen molar-refractivity contribution in [2.75, 3.05) is 12.4 Å². The molecule has 1 heterocycles. The summed E-state index contributed by atoms with van der Waals surface area (Å²) in [7, 11) is 1.75. The van der Waals surface area contributed by atoms with Gasteiger partial charge in [0, 0.05) is 6.20 Å². The average Bonchev–Trinajstić information content (AvgIpc) is 2.16. The summed E-state index contributed by atoms with van der Waals surface area (Å²) >= 11 is 0.